The lowest BCUT2D eigenvalue weighted by Gasteiger charge is -2.07. The molecule has 1 aromatic carbocycles. The van der Waals surface area contributed by atoms with Crippen LogP contribution in [-0.2, 0) is 16.1 Å². The first-order chi connectivity index (χ1) is 8.59. The van der Waals surface area contributed by atoms with Gasteiger partial charge in [0.25, 0.3) is 0 Å². The summed E-state index contributed by atoms with van der Waals surface area (Å²) in [5.74, 6) is -0.238. The molecule has 0 atom stereocenters. The van der Waals surface area contributed by atoms with Gasteiger partial charge in [-0.05, 0) is 33.0 Å². The second-order valence-electron chi connectivity index (χ2n) is 4.54. The number of rotatable bonds is 6. The highest BCUT2D eigenvalue weighted by molar-refractivity contribution is 5.87. The zero-order valence-corrected chi connectivity index (χ0v) is 12.6. The average Bonchev–Trinajstić information content (AvgIpc) is 2.36. The highest BCUT2D eigenvalue weighted by Crippen LogP contribution is 2.05. The van der Waals surface area contributed by atoms with E-state index in [1.807, 2.05) is 50.5 Å². The molecule has 0 heterocycles. The molecule has 0 N–H and O–H groups in total. The van der Waals surface area contributed by atoms with Crippen LogP contribution in [0.2, 0.25) is 0 Å². The molecule has 1 rings (SSSR count). The highest BCUT2D eigenvalue weighted by atomic mass is 35.5. The quantitative estimate of drug-likeness (QED) is 0.594. The number of nitrogens with zero attached hydrogens (tertiary/aromatic N) is 1. The molecule has 0 aliphatic carbocycles. The van der Waals surface area contributed by atoms with Crippen LogP contribution in [0.3, 0.4) is 0 Å². The number of esters is 1. The predicted octanol–water partition coefficient (Wildman–Crippen LogP) is 3.05. The molecule has 106 valence electrons. The Labute approximate surface area is 121 Å². The number of hydrogen-bond acceptors (Lipinski definition) is 3. The van der Waals surface area contributed by atoms with Gasteiger partial charge in [-0.15, -0.1) is 12.4 Å². The summed E-state index contributed by atoms with van der Waals surface area (Å²) in [4.78, 5) is 13.8. The van der Waals surface area contributed by atoms with Crippen LogP contribution < -0.4 is 0 Å². The molecule has 19 heavy (non-hydrogen) atoms. The van der Waals surface area contributed by atoms with E-state index >= 15 is 0 Å². The Morgan fingerprint density at radius 3 is 2.47 bits per heavy atom. The lowest BCUT2D eigenvalue weighted by Crippen LogP contribution is -2.12. The Kier molecular flexibility index (Phi) is 8.92. The summed E-state index contributed by atoms with van der Waals surface area (Å²) in [5.41, 5.74) is 1.68. The average molecular weight is 284 g/mol. The van der Waals surface area contributed by atoms with Gasteiger partial charge in [0.2, 0.25) is 0 Å². The number of carbonyl (C=O) groups is 1. The third kappa shape index (κ3) is 7.65. The van der Waals surface area contributed by atoms with Crippen molar-refractivity contribution in [3.63, 3.8) is 0 Å². The normalized spacial score (nSPS) is 11.1. The summed E-state index contributed by atoms with van der Waals surface area (Å²) < 4.78 is 5.23. The van der Waals surface area contributed by atoms with E-state index in [0.29, 0.717) is 12.2 Å². The summed E-state index contributed by atoms with van der Waals surface area (Å²) in [6, 6.07) is 9.69. The minimum Gasteiger partial charge on any atom is -0.457 e. The van der Waals surface area contributed by atoms with Crippen LogP contribution in [0.4, 0.5) is 0 Å². The monoisotopic (exact) mass is 283 g/mol. The van der Waals surface area contributed by atoms with Crippen LogP contribution in [-0.4, -0.2) is 31.5 Å². The van der Waals surface area contributed by atoms with Crippen molar-refractivity contribution < 1.29 is 9.53 Å². The van der Waals surface area contributed by atoms with Crippen LogP contribution >= 0.6 is 12.4 Å². The maximum absolute atomic E-state index is 11.7. The van der Waals surface area contributed by atoms with Crippen molar-refractivity contribution in [3.05, 3.63) is 47.5 Å². The molecule has 3 nitrogen and oxygen atoms in total. The Bertz CT molecular complexity index is 402. The van der Waals surface area contributed by atoms with Gasteiger partial charge in [0.05, 0.1) is 0 Å². The van der Waals surface area contributed by atoms with Crippen LogP contribution in [0, 0.1) is 0 Å². The van der Waals surface area contributed by atoms with Crippen molar-refractivity contribution in [2.75, 3.05) is 20.6 Å². The zero-order valence-electron chi connectivity index (χ0n) is 11.8. The van der Waals surface area contributed by atoms with Crippen molar-refractivity contribution in [2.45, 2.75) is 20.0 Å². The zero-order chi connectivity index (χ0) is 13.4. The third-order valence-electron chi connectivity index (χ3n) is 2.56. The topological polar surface area (TPSA) is 29.5 Å². The second kappa shape index (κ2) is 9.59. The smallest absolute Gasteiger partial charge is 0.333 e. The summed E-state index contributed by atoms with van der Waals surface area (Å²) in [7, 11) is 4.02. The fourth-order valence-electron chi connectivity index (χ4n) is 1.46. The molecule has 0 aromatic heterocycles. The molecule has 0 aliphatic rings. The molecule has 0 bridgehead atoms. The largest absolute Gasteiger partial charge is 0.457 e. The lowest BCUT2D eigenvalue weighted by molar-refractivity contribution is -0.140. The van der Waals surface area contributed by atoms with Crippen LogP contribution in [0.15, 0.2) is 42.0 Å². The first-order valence-corrected chi connectivity index (χ1v) is 6.12. The minimum absolute atomic E-state index is 0. The number of halogens is 1. The number of benzene rings is 1. The minimum atomic E-state index is -0.238. The van der Waals surface area contributed by atoms with Crippen molar-refractivity contribution >= 4 is 18.4 Å². The highest BCUT2D eigenvalue weighted by Gasteiger charge is 2.05. The number of hydrogen-bond donors (Lipinski definition) is 0. The Hall–Kier alpha value is -1.32. The van der Waals surface area contributed by atoms with Crippen molar-refractivity contribution in [1.29, 1.82) is 0 Å². The SMILES string of the molecule is CC(=CCCN(C)C)C(=O)OCc1ccccc1.Cl. The van der Waals surface area contributed by atoms with E-state index in [4.69, 9.17) is 4.74 Å². The summed E-state index contributed by atoms with van der Waals surface area (Å²) >= 11 is 0. The van der Waals surface area contributed by atoms with Gasteiger partial charge in [-0.25, -0.2) is 4.79 Å². The third-order valence-corrected chi connectivity index (χ3v) is 2.56. The number of carbonyl (C=O) groups excluding carboxylic acids is 1. The van der Waals surface area contributed by atoms with E-state index in [0.717, 1.165) is 18.5 Å². The Morgan fingerprint density at radius 2 is 1.89 bits per heavy atom. The molecule has 0 unspecified atom stereocenters. The number of ether oxygens (including phenoxy) is 1. The van der Waals surface area contributed by atoms with Gasteiger partial charge in [-0.2, -0.15) is 0 Å². The van der Waals surface area contributed by atoms with Gasteiger partial charge >= 0.3 is 5.97 Å². The van der Waals surface area contributed by atoms with Crippen molar-refractivity contribution in [3.8, 4) is 0 Å². The molecule has 0 aliphatic heterocycles. The van der Waals surface area contributed by atoms with E-state index in [2.05, 4.69) is 4.90 Å². The van der Waals surface area contributed by atoms with Crippen LogP contribution in [0.1, 0.15) is 18.9 Å². The van der Waals surface area contributed by atoms with Crippen molar-refractivity contribution in [2.24, 2.45) is 0 Å². The van der Waals surface area contributed by atoms with Gasteiger partial charge in [0.15, 0.2) is 0 Å². The van der Waals surface area contributed by atoms with Gasteiger partial charge in [-0.3, -0.25) is 0 Å². The fourth-order valence-corrected chi connectivity index (χ4v) is 1.46. The molecule has 0 fully saturated rings. The Balaban J connectivity index is 0.00000324. The molecular formula is C15H22ClNO2. The molecule has 1 aromatic rings. The van der Waals surface area contributed by atoms with E-state index in [9.17, 15) is 4.79 Å². The van der Waals surface area contributed by atoms with Gasteiger partial charge in [0, 0.05) is 12.1 Å². The summed E-state index contributed by atoms with van der Waals surface area (Å²) in [6.45, 7) is 3.06. The summed E-state index contributed by atoms with van der Waals surface area (Å²) in [6.07, 6.45) is 2.78. The maximum atomic E-state index is 11.7. The summed E-state index contributed by atoms with van der Waals surface area (Å²) in [5, 5.41) is 0. The fraction of sp³-hybridized carbons (Fsp3) is 0.400. The first-order valence-electron chi connectivity index (χ1n) is 6.12. The maximum Gasteiger partial charge on any atom is 0.333 e. The van der Waals surface area contributed by atoms with Crippen molar-refractivity contribution in [1.82, 2.24) is 4.90 Å². The standard InChI is InChI=1S/C15H21NO2.ClH/c1-13(8-7-11-16(2)3)15(17)18-12-14-9-5-4-6-10-14;/h4-6,8-10H,7,11-12H2,1-3H3;1H. The molecule has 0 amide bonds. The predicted molar refractivity (Wildman–Crippen MR) is 80.4 cm³/mol. The van der Waals surface area contributed by atoms with E-state index < -0.39 is 0 Å². The molecule has 4 heteroatoms. The molecule has 0 spiro atoms. The van der Waals surface area contributed by atoms with Crippen LogP contribution in [0.25, 0.3) is 0 Å². The van der Waals surface area contributed by atoms with E-state index in [1.165, 1.54) is 0 Å². The van der Waals surface area contributed by atoms with Gasteiger partial charge in [-0.1, -0.05) is 36.4 Å². The van der Waals surface area contributed by atoms with E-state index in [1.54, 1.807) is 6.92 Å². The molecule has 0 saturated heterocycles. The molecule has 0 radical (unpaired) electrons. The van der Waals surface area contributed by atoms with E-state index in [-0.39, 0.29) is 18.4 Å². The lowest BCUT2D eigenvalue weighted by atomic mass is 10.2. The molecule has 0 saturated carbocycles. The second-order valence-corrected chi connectivity index (χ2v) is 4.54. The van der Waals surface area contributed by atoms with Gasteiger partial charge < -0.3 is 9.64 Å². The molecular weight excluding hydrogens is 262 g/mol. The van der Waals surface area contributed by atoms with Crippen LogP contribution in [0.5, 0.6) is 0 Å². The first kappa shape index (κ1) is 17.7. The Morgan fingerprint density at radius 1 is 1.26 bits per heavy atom. The van der Waals surface area contributed by atoms with Gasteiger partial charge in [0.1, 0.15) is 6.61 Å².